The summed E-state index contributed by atoms with van der Waals surface area (Å²) in [5.41, 5.74) is 4.86. The monoisotopic (exact) mass is 469 g/mol. The lowest BCUT2D eigenvalue weighted by atomic mass is 10.1. The van der Waals surface area contributed by atoms with Gasteiger partial charge in [-0.2, -0.15) is 0 Å². The zero-order valence-electron chi connectivity index (χ0n) is 16.4. The number of amides is 2. The second-order valence-electron chi connectivity index (χ2n) is 6.98. The lowest BCUT2D eigenvalue weighted by Crippen LogP contribution is -2.55. The number of rotatable bonds is 5. The normalized spacial score (nSPS) is 16.4. The van der Waals surface area contributed by atoms with Gasteiger partial charge in [0.25, 0.3) is 11.8 Å². The largest absolute Gasteiger partial charge is 0.481 e. The van der Waals surface area contributed by atoms with E-state index in [1.807, 2.05) is 25.1 Å². The molecule has 0 radical (unpaired) electrons. The number of carbonyl (C=O) groups excluding carboxylic acids is 2. The van der Waals surface area contributed by atoms with Crippen molar-refractivity contribution in [3.05, 3.63) is 82.2 Å². The van der Waals surface area contributed by atoms with Gasteiger partial charge in [-0.15, -0.1) is 0 Å². The average Bonchev–Trinajstić information content (AvgIpc) is 3.26. The molecule has 1 aliphatic rings. The van der Waals surface area contributed by atoms with E-state index in [9.17, 15) is 9.59 Å². The van der Waals surface area contributed by atoms with E-state index < -0.39 is 18.2 Å². The summed E-state index contributed by atoms with van der Waals surface area (Å²) in [7, 11) is 0. The van der Waals surface area contributed by atoms with Crippen LogP contribution < -0.4 is 15.5 Å². The Balaban J connectivity index is 1.57. The molecule has 2 N–H and O–H groups in total. The van der Waals surface area contributed by atoms with Crippen LogP contribution in [0.3, 0.4) is 0 Å². The average molecular weight is 470 g/mol. The SMILES string of the molecule is Cc1ccc(OC(C)C(=O)NN2C(=O)c3cc(Br)ccc3NC2c2ccco2)cc1. The molecule has 4 rings (SSSR count). The number of nitrogens with zero attached hydrogens (tertiary/aromatic N) is 1. The van der Waals surface area contributed by atoms with Crippen molar-refractivity contribution in [2.45, 2.75) is 26.1 Å². The second kappa shape index (κ2) is 8.23. The Kier molecular flexibility index (Phi) is 5.50. The Bertz CT molecular complexity index is 1070. The van der Waals surface area contributed by atoms with Crippen molar-refractivity contribution in [3.8, 4) is 5.75 Å². The van der Waals surface area contributed by atoms with Crippen molar-refractivity contribution in [2.75, 3.05) is 5.32 Å². The quantitative estimate of drug-likeness (QED) is 0.577. The van der Waals surface area contributed by atoms with Crippen LogP contribution >= 0.6 is 15.9 Å². The van der Waals surface area contributed by atoms with E-state index in [2.05, 4.69) is 26.7 Å². The molecule has 30 heavy (non-hydrogen) atoms. The van der Waals surface area contributed by atoms with Crippen LogP contribution in [0.5, 0.6) is 5.75 Å². The minimum atomic E-state index is -0.818. The number of hydrazine groups is 1. The van der Waals surface area contributed by atoms with E-state index >= 15 is 0 Å². The van der Waals surface area contributed by atoms with Gasteiger partial charge < -0.3 is 14.5 Å². The molecule has 0 fully saturated rings. The number of benzene rings is 2. The maximum absolute atomic E-state index is 13.2. The van der Waals surface area contributed by atoms with Gasteiger partial charge in [-0.25, -0.2) is 5.01 Å². The van der Waals surface area contributed by atoms with Crippen LogP contribution in [0.2, 0.25) is 0 Å². The fraction of sp³-hybridized carbons (Fsp3) is 0.182. The number of halogens is 1. The smallest absolute Gasteiger partial charge is 0.279 e. The van der Waals surface area contributed by atoms with E-state index in [0.29, 0.717) is 22.8 Å². The van der Waals surface area contributed by atoms with Crippen LogP contribution in [0.4, 0.5) is 5.69 Å². The highest BCUT2D eigenvalue weighted by atomic mass is 79.9. The summed E-state index contributed by atoms with van der Waals surface area (Å²) in [5.74, 6) is 0.246. The van der Waals surface area contributed by atoms with Gasteiger partial charge in [0.2, 0.25) is 0 Å². The van der Waals surface area contributed by atoms with Crippen molar-refractivity contribution in [1.29, 1.82) is 0 Å². The number of furan rings is 1. The van der Waals surface area contributed by atoms with Crippen LogP contribution in [-0.2, 0) is 4.79 Å². The number of anilines is 1. The maximum Gasteiger partial charge on any atom is 0.279 e. The highest BCUT2D eigenvalue weighted by molar-refractivity contribution is 9.10. The number of fused-ring (bicyclic) bond motifs is 1. The minimum Gasteiger partial charge on any atom is -0.481 e. The first-order valence-electron chi connectivity index (χ1n) is 9.39. The van der Waals surface area contributed by atoms with Gasteiger partial charge in [0.05, 0.1) is 11.8 Å². The molecule has 154 valence electrons. The Morgan fingerprint density at radius 2 is 2.00 bits per heavy atom. The van der Waals surface area contributed by atoms with Crippen molar-refractivity contribution >= 4 is 33.4 Å². The Labute approximate surface area is 182 Å². The lowest BCUT2D eigenvalue weighted by molar-refractivity contribution is -0.132. The van der Waals surface area contributed by atoms with Gasteiger partial charge >= 0.3 is 0 Å². The fourth-order valence-corrected chi connectivity index (χ4v) is 3.48. The molecule has 2 unspecified atom stereocenters. The standard InChI is InChI=1S/C22H20BrN3O4/c1-13-5-8-16(9-6-13)30-14(2)21(27)25-26-20(19-4-3-11-29-19)24-18-10-7-15(23)12-17(18)22(26)28/h3-12,14,20,24H,1-2H3,(H,25,27). The highest BCUT2D eigenvalue weighted by Crippen LogP contribution is 2.33. The summed E-state index contributed by atoms with van der Waals surface area (Å²) >= 11 is 3.38. The number of hydrogen-bond acceptors (Lipinski definition) is 5. The van der Waals surface area contributed by atoms with E-state index in [1.165, 1.54) is 11.3 Å². The molecule has 2 atom stereocenters. The third-order valence-electron chi connectivity index (χ3n) is 4.73. The second-order valence-corrected chi connectivity index (χ2v) is 7.89. The summed E-state index contributed by atoms with van der Waals surface area (Å²) in [6.07, 6.45) is 0.000188. The molecule has 7 nitrogen and oxygen atoms in total. The van der Waals surface area contributed by atoms with Gasteiger partial charge in [0.1, 0.15) is 11.5 Å². The van der Waals surface area contributed by atoms with E-state index in [0.717, 1.165) is 10.0 Å². The predicted octanol–water partition coefficient (Wildman–Crippen LogP) is 4.42. The Hall–Kier alpha value is -3.26. The number of ether oxygens (including phenoxy) is 1. The first kappa shape index (κ1) is 20.0. The molecule has 1 aromatic heterocycles. The third kappa shape index (κ3) is 4.04. The van der Waals surface area contributed by atoms with E-state index in [1.54, 1.807) is 43.3 Å². The minimum absolute atomic E-state index is 0.359. The fourth-order valence-electron chi connectivity index (χ4n) is 3.12. The van der Waals surface area contributed by atoms with E-state index in [-0.39, 0.29) is 5.91 Å². The summed E-state index contributed by atoms with van der Waals surface area (Å²) in [6, 6.07) is 16.2. The summed E-state index contributed by atoms with van der Waals surface area (Å²) in [6.45, 7) is 3.60. The zero-order valence-corrected chi connectivity index (χ0v) is 18.0. The van der Waals surface area contributed by atoms with Gasteiger partial charge in [-0.3, -0.25) is 15.0 Å². The molecular weight excluding hydrogens is 450 g/mol. The predicted molar refractivity (Wildman–Crippen MR) is 115 cm³/mol. The van der Waals surface area contributed by atoms with Crippen LogP contribution in [0.25, 0.3) is 0 Å². The van der Waals surface area contributed by atoms with Crippen LogP contribution in [0.15, 0.2) is 69.8 Å². The van der Waals surface area contributed by atoms with Gasteiger partial charge in [-0.1, -0.05) is 33.6 Å². The van der Waals surface area contributed by atoms with Crippen molar-refractivity contribution in [2.24, 2.45) is 0 Å². The number of aryl methyl sites for hydroxylation is 1. The maximum atomic E-state index is 13.2. The zero-order chi connectivity index (χ0) is 21.3. The van der Waals surface area contributed by atoms with Gasteiger partial charge in [0, 0.05) is 10.2 Å². The van der Waals surface area contributed by atoms with E-state index in [4.69, 9.17) is 9.15 Å². The third-order valence-corrected chi connectivity index (χ3v) is 5.22. The molecule has 0 saturated heterocycles. The van der Waals surface area contributed by atoms with Crippen LogP contribution in [0.1, 0.15) is 34.8 Å². The Morgan fingerprint density at radius 3 is 2.70 bits per heavy atom. The topological polar surface area (TPSA) is 83.8 Å². The molecule has 0 bridgehead atoms. The molecule has 2 amide bonds. The van der Waals surface area contributed by atoms with Crippen LogP contribution in [-0.4, -0.2) is 22.9 Å². The first-order chi connectivity index (χ1) is 14.4. The molecule has 0 aliphatic carbocycles. The molecule has 2 heterocycles. The molecular formula is C22H20BrN3O4. The first-order valence-corrected chi connectivity index (χ1v) is 10.2. The molecule has 8 heteroatoms. The number of hydrogen-bond donors (Lipinski definition) is 2. The molecule has 0 saturated carbocycles. The van der Waals surface area contributed by atoms with Crippen molar-refractivity contribution < 1.29 is 18.7 Å². The van der Waals surface area contributed by atoms with Crippen molar-refractivity contribution in [3.63, 3.8) is 0 Å². The summed E-state index contributed by atoms with van der Waals surface area (Å²) < 4.78 is 12.0. The molecule has 1 aliphatic heterocycles. The van der Waals surface area contributed by atoms with Gasteiger partial charge in [0.15, 0.2) is 12.3 Å². The van der Waals surface area contributed by atoms with Gasteiger partial charge in [-0.05, 0) is 56.3 Å². The summed E-state index contributed by atoms with van der Waals surface area (Å²) in [5, 5.41) is 4.47. The number of carbonyl (C=O) groups is 2. The summed E-state index contributed by atoms with van der Waals surface area (Å²) in [4.78, 5) is 26.0. The Morgan fingerprint density at radius 1 is 1.23 bits per heavy atom. The van der Waals surface area contributed by atoms with Crippen LogP contribution in [0, 0.1) is 6.92 Å². The molecule has 0 spiro atoms. The van der Waals surface area contributed by atoms with Crippen molar-refractivity contribution in [1.82, 2.24) is 10.4 Å². The number of nitrogens with one attached hydrogen (secondary N) is 2. The lowest BCUT2D eigenvalue weighted by Gasteiger charge is -2.36. The molecule has 3 aromatic rings. The highest BCUT2D eigenvalue weighted by Gasteiger charge is 2.36. The molecule has 2 aromatic carbocycles.